The second-order valence-corrected chi connectivity index (χ2v) is 8.54. The summed E-state index contributed by atoms with van der Waals surface area (Å²) in [6.07, 6.45) is 10.6. The predicted molar refractivity (Wildman–Crippen MR) is 102 cm³/mol. The van der Waals surface area contributed by atoms with Crippen LogP contribution in [0, 0.1) is 13.8 Å². The molecule has 0 nitrogen and oxygen atoms in total. The van der Waals surface area contributed by atoms with Crippen molar-refractivity contribution in [1.82, 2.24) is 0 Å². The average molecular weight is 422 g/mol. The summed E-state index contributed by atoms with van der Waals surface area (Å²) in [5.41, 5.74) is 9.67. The Labute approximate surface area is 149 Å². The molecule has 0 fully saturated rings. The Kier molecular flexibility index (Phi) is 3.89. The molecule has 0 aliphatic heterocycles. The van der Waals surface area contributed by atoms with E-state index in [-0.39, 0.29) is 0 Å². The Morgan fingerprint density at radius 1 is 0.545 bits per heavy atom. The summed E-state index contributed by atoms with van der Waals surface area (Å²) in [5.74, 6) is 0. The van der Waals surface area contributed by atoms with E-state index in [4.69, 9.17) is 0 Å². The Bertz CT molecular complexity index is 720. The molecule has 2 aliphatic carbocycles. The van der Waals surface area contributed by atoms with Gasteiger partial charge in [0, 0.05) is 8.95 Å². The van der Waals surface area contributed by atoms with Gasteiger partial charge in [0.2, 0.25) is 0 Å². The van der Waals surface area contributed by atoms with Crippen LogP contribution in [0.2, 0.25) is 0 Å². The SMILES string of the molecule is Cc1c(Br)c(Br)c(C)c2c3c(c4c(c12)CCCC4)CCCC3. The van der Waals surface area contributed by atoms with Crippen LogP contribution in [0.1, 0.15) is 59.1 Å². The minimum Gasteiger partial charge on any atom is -0.0493 e. The van der Waals surface area contributed by atoms with Crippen molar-refractivity contribution in [3.05, 3.63) is 42.3 Å². The van der Waals surface area contributed by atoms with Gasteiger partial charge in [-0.2, -0.15) is 0 Å². The van der Waals surface area contributed by atoms with Crippen molar-refractivity contribution in [2.75, 3.05) is 0 Å². The molecule has 0 amide bonds. The van der Waals surface area contributed by atoms with Gasteiger partial charge in [0.25, 0.3) is 0 Å². The van der Waals surface area contributed by atoms with Gasteiger partial charge in [-0.05, 0) is 141 Å². The van der Waals surface area contributed by atoms with Gasteiger partial charge in [-0.3, -0.25) is 0 Å². The zero-order chi connectivity index (χ0) is 15.4. The topological polar surface area (TPSA) is 0 Å². The van der Waals surface area contributed by atoms with Gasteiger partial charge in [0.15, 0.2) is 0 Å². The summed E-state index contributed by atoms with van der Waals surface area (Å²) in [6, 6.07) is 0. The Morgan fingerprint density at radius 3 is 1.23 bits per heavy atom. The van der Waals surface area contributed by atoms with E-state index in [9.17, 15) is 0 Å². The van der Waals surface area contributed by atoms with Crippen LogP contribution < -0.4 is 0 Å². The molecule has 0 saturated carbocycles. The number of fused-ring (bicyclic) bond motifs is 6. The second kappa shape index (κ2) is 5.63. The molecule has 2 aromatic carbocycles. The normalized spacial score (nSPS) is 17.5. The van der Waals surface area contributed by atoms with Crippen molar-refractivity contribution in [2.24, 2.45) is 0 Å². The van der Waals surface area contributed by atoms with E-state index in [0.717, 1.165) is 0 Å². The number of hydrogen-bond acceptors (Lipinski definition) is 0. The van der Waals surface area contributed by atoms with E-state index < -0.39 is 0 Å². The molecule has 2 heteroatoms. The lowest BCUT2D eigenvalue weighted by Crippen LogP contribution is -2.15. The summed E-state index contributed by atoms with van der Waals surface area (Å²) in [5, 5.41) is 3.14. The summed E-state index contributed by atoms with van der Waals surface area (Å²) >= 11 is 7.66. The molecule has 116 valence electrons. The third-order valence-electron chi connectivity index (χ3n) is 5.75. The predicted octanol–water partition coefficient (Wildman–Crippen LogP) is 6.74. The van der Waals surface area contributed by atoms with Gasteiger partial charge in [-0.25, -0.2) is 0 Å². The summed E-state index contributed by atoms with van der Waals surface area (Å²) < 4.78 is 2.50. The van der Waals surface area contributed by atoms with E-state index in [1.165, 1.54) is 71.4 Å². The minimum absolute atomic E-state index is 1.25. The molecule has 0 bridgehead atoms. The maximum Gasteiger partial charge on any atom is 0.0355 e. The summed E-state index contributed by atoms with van der Waals surface area (Å²) in [7, 11) is 0. The number of aryl methyl sites for hydroxylation is 4. The van der Waals surface area contributed by atoms with Crippen LogP contribution in [0.15, 0.2) is 8.95 Å². The maximum atomic E-state index is 3.83. The highest BCUT2D eigenvalue weighted by Crippen LogP contribution is 2.45. The van der Waals surface area contributed by atoms with Gasteiger partial charge >= 0.3 is 0 Å². The van der Waals surface area contributed by atoms with Gasteiger partial charge in [-0.15, -0.1) is 0 Å². The highest BCUT2D eigenvalue weighted by atomic mass is 79.9. The smallest absolute Gasteiger partial charge is 0.0355 e. The van der Waals surface area contributed by atoms with Crippen molar-refractivity contribution in [2.45, 2.75) is 65.2 Å². The molecule has 22 heavy (non-hydrogen) atoms. The lowest BCUT2D eigenvalue weighted by atomic mass is 9.75. The molecular formula is C20H22Br2. The molecule has 0 unspecified atom stereocenters. The van der Waals surface area contributed by atoms with Crippen molar-refractivity contribution in [3.63, 3.8) is 0 Å². The maximum absolute atomic E-state index is 3.83. The Morgan fingerprint density at radius 2 is 0.864 bits per heavy atom. The van der Waals surface area contributed by atoms with Gasteiger partial charge in [0.05, 0.1) is 0 Å². The van der Waals surface area contributed by atoms with Crippen molar-refractivity contribution < 1.29 is 0 Å². The zero-order valence-electron chi connectivity index (χ0n) is 13.4. The molecule has 0 spiro atoms. The molecule has 0 atom stereocenters. The van der Waals surface area contributed by atoms with Crippen LogP contribution in [0.3, 0.4) is 0 Å². The van der Waals surface area contributed by atoms with Crippen LogP contribution in [-0.4, -0.2) is 0 Å². The van der Waals surface area contributed by atoms with Crippen LogP contribution >= 0.6 is 31.9 Å². The first-order valence-corrected chi connectivity index (χ1v) is 10.1. The van der Waals surface area contributed by atoms with Crippen LogP contribution in [-0.2, 0) is 25.7 Å². The number of rotatable bonds is 0. The largest absolute Gasteiger partial charge is 0.0493 e. The van der Waals surface area contributed by atoms with E-state index in [0.29, 0.717) is 0 Å². The molecular weight excluding hydrogens is 400 g/mol. The van der Waals surface area contributed by atoms with Crippen LogP contribution in [0.25, 0.3) is 10.8 Å². The monoisotopic (exact) mass is 420 g/mol. The van der Waals surface area contributed by atoms with E-state index in [1.54, 1.807) is 33.0 Å². The lowest BCUT2D eigenvalue weighted by Gasteiger charge is -2.30. The van der Waals surface area contributed by atoms with E-state index in [1.807, 2.05) is 0 Å². The van der Waals surface area contributed by atoms with Crippen molar-refractivity contribution >= 4 is 42.6 Å². The fraction of sp³-hybridized carbons (Fsp3) is 0.500. The van der Waals surface area contributed by atoms with Gasteiger partial charge in [0.1, 0.15) is 0 Å². The second-order valence-electron chi connectivity index (χ2n) is 6.96. The standard InChI is InChI=1S/C20H22Br2/c1-11-17-15-9-5-3-7-13(15)14-8-4-6-10-16(14)18(17)12(2)20(22)19(11)21/h3-10H2,1-2H3. The van der Waals surface area contributed by atoms with Gasteiger partial charge < -0.3 is 0 Å². The number of halogens is 2. The number of hydrogen-bond donors (Lipinski definition) is 0. The highest BCUT2D eigenvalue weighted by Gasteiger charge is 2.26. The first-order chi connectivity index (χ1) is 10.6. The molecule has 0 N–H and O–H groups in total. The number of benzene rings is 2. The van der Waals surface area contributed by atoms with Crippen molar-refractivity contribution in [3.8, 4) is 0 Å². The van der Waals surface area contributed by atoms with Crippen molar-refractivity contribution in [1.29, 1.82) is 0 Å². The third kappa shape index (κ3) is 2.06. The first kappa shape index (κ1) is 15.2. The average Bonchev–Trinajstić information content (AvgIpc) is 2.57. The Balaban J connectivity index is 2.24. The first-order valence-electron chi connectivity index (χ1n) is 8.54. The highest BCUT2D eigenvalue weighted by molar-refractivity contribution is 9.13. The Hall–Kier alpha value is -0.340. The molecule has 2 aromatic rings. The zero-order valence-corrected chi connectivity index (χ0v) is 16.6. The fourth-order valence-electron chi connectivity index (χ4n) is 4.71. The van der Waals surface area contributed by atoms with E-state index >= 15 is 0 Å². The molecule has 0 saturated heterocycles. The quantitative estimate of drug-likeness (QED) is 0.441. The van der Waals surface area contributed by atoms with Gasteiger partial charge in [-0.1, -0.05) is 0 Å². The van der Waals surface area contributed by atoms with Crippen LogP contribution in [0.4, 0.5) is 0 Å². The molecule has 4 rings (SSSR count). The lowest BCUT2D eigenvalue weighted by molar-refractivity contribution is 0.646. The fourth-order valence-corrected chi connectivity index (χ4v) is 5.70. The minimum atomic E-state index is 1.25. The molecule has 0 heterocycles. The summed E-state index contributed by atoms with van der Waals surface area (Å²) in [4.78, 5) is 0. The van der Waals surface area contributed by atoms with E-state index in [2.05, 4.69) is 45.7 Å². The molecule has 0 radical (unpaired) electrons. The molecule has 0 aromatic heterocycles. The summed E-state index contributed by atoms with van der Waals surface area (Å²) in [6.45, 7) is 4.58. The molecule has 2 aliphatic rings. The van der Waals surface area contributed by atoms with Crippen LogP contribution in [0.5, 0.6) is 0 Å². The third-order valence-corrected chi connectivity index (χ3v) is 8.27.